The third-order valence-corrected chi connectivity index (χ3v) is 3.79. The predicted molar refractivity (Wildman–Crippen MR) is 74.0 cm³/mol. The number of ether oxygens (including phenoxy) is 1. The summed E-state index contributed by atoms with van der Waals surface area (Å²) >= 11 is 6.29. The van der Waals surface area contributed by atoms with Crippen LogP contribution in [0.25, 0.3) is 5.69 Å². The van der Waals surface area contributed by atoms with Crippen molar-refractivity contribution in [3.8, 4) is 11.4 Å². The van der Waals surface area contributed by atoms with Gasteiger partial charge in [-0.25, -0.2) is 0 Å². The van der Waals surface area contributed by atoms with E-state index < -0.39 is 5.91 Å². The Kier molecular flexibility index (Phi) is 3.35. The average Bonchev–Trinajstić information content (AvgIpc) is 2.65. The summed E-state index contributed by atoms with van der Waals surface area (Å²) in [6, 6.07) is 7.23. The molecular weight excluding hydrogens is 270 g/mol. The van der Waals surface area contributed by atoms with Gasteiger partial charge in [0, 0.05) is 6.07 Å². The lowest BCUT2D eigenvalue weighted by Gasteiger charge is -2.07. The molecule has 2 rings (SSSR count). The molecule has 1 aromatic carbocycles. The van der Waals surface area contributed by atoms with Gasteiger partial charge in [-0.1, -0.05) is 17.4 Å². The van der Waals surface area contributed by atoms with Crippen LogP contribution in [-0.4, -0.2) is 17.6 Å². The first-order valence-corrected chi connectivity index (χ1v) is 6.22. The molecule has 0 aliphatic carbocycles. The highest BCUT2D eigenvalue weighted by Crippen LogP contribution is 2.27. The van der Waals surface area contributed by atoms with Gasteiger partial charge in [-0.05, 0) is 24.4 Å². The fourth-order valence-electron chi connectivity index (χ4n) is 1.56. The van der Waals surface area contributed by atoms with E-state index in [0.717, 1.165) is 17.0 Å². The molecule has 0 bridgehead atoms. The number of nitrogens with two attached hydrogens (primary N) is 2. The molecule has 1 heterocycles. The number of nitrogens with zero attached hydrogens (tertiary/aromatic N) is 1. The number of aromatic nitrogens is 1. The number of benzene rings is 1. The van der Waals surface area contributed by atoms with Crippen LogP contribution in [0.4, 0.5) is 5.82 Å². The number of hydrogen-bond donors (Lipinski definition) is 2. The van der Waals surface area contributed by atoms with Gasteiger partial charge in [-0.2, -0.15) is 0 Å². The summed E-state index contributed by atoms with van der Waals surface area (Å²) < 4.78 is 7.20. The Balaban J connectivity index is 2.64. The van der Waals surface area contributed by atoms with Crippen LogP contribution in [0.5, 0.6) is 5.75 Å². The largest absolute Gasteiger partial charge is 0.497 e. The number of nitrogen functional groups attached to an aromatic ring is 1. The van der Waals surface area contributed by atoms with Gasteiger partial charge < -0.3 is 16.2 Å². The molecule has 0 aliphatic rings. The van der Waals surface area contributed by atoms with Gasteiger partial charge in [-0.3, -0.25) is 9.36 Å². The Hall–Kier alpha value is -1.86. The van der Waals surface area contributed by atoms with Crippen LogP contribution in [0.3, 0.4) is 0 Å². The molecule has 4 N–H and O–H groups in total. The highest BCUT2D eigenvalue weighted by atomic mass is 32.1. The first-order valence-electron chi connectivity index (χ1n) is 5.00. The van der Waals surface area contributed by atoms with Gasteiger partial charge in [0.05, 0.1) is 12.8 Å². The molecule has 94 valence electrons. The van der Waals surface area contributed by atoms with Gasteiger partial charge in [0.1, 0.15) is 16.4 Å². The quantitative estimate of drug-likeness (QED) is 0.842. The number of carbonyl (C=O) groups excluding carboxylic acids is 1. The number of carbonyl (C=O) groups is 1. The molecule has 0 fully saturated rings. The maximum absolute atomic E-state index is 11.2. The first kappa shape index (κ1) is 12.6. The van der Waals surface area contributed by atoms with Crippen LogP contribution in [0, 0.1) is 3.95 Å². The third kappa shape index (κ3) is 2.09. The molecule has 5 nitrogen and oxygen atoms in total. The van der Waals surface area contributed by atoms with Gasteiger partial charge in [0.2, 0.25) is 0 Å². The number of amides is 1. The average molecular weight is 281 g/mol. The van der Waals surface area contributed by atoms with Crippen molar-refractivity contribution >= 4 is 35.3 Å². The predicted octanol–water partition coefficient (Wildman–Crippen LogP) is 1.96. The minimum atomic E-state index is -0.578. The van der Waals surface area contributed by atoms with E-state index in [1.54, 1.807) is 17.7 Å². The van der Waals surface area contributed by atoms with Crippen molar-refractivity contribution in [3.05, 3.63) is 33.1 Å². The van der Waals surface area contributed by atoms with Crippen LogP contribution in [0.2, 0.25) is 0 Å². The summed E-state index contributed by atoms with van der Waals surface area (Å²) in [5.74, 6) is 0.358. The maximum atomic E-state index is 11.2. The van der Waals surface area contributed by atoms with E-state index in [-0.39, 0.29) is 10.7 Å². The minimum absolute atomic E-state index is 0.255. The Bertz CT molecular complexity index is 661. The lowest BCUT2D eigenvalue weighted by Crippen LogP contribution is -2.12. The molecule has 0 radical (unpaired) electrons. The van der Waals surface area contributed by atoms with Gasteiger partial charge in [0.25, 0.3) is 5.91 Å². The number of methoxy groups -OCH3 is 1. The zero-order valence-electron chi connectivity index (χ0n) is 9.54. The molecule has 0 aliphatic heterocycles. The summed E-state index contributed by atoms with van der Waals surface area (Å²) in [7, 11) is 1.57. The van der Waals surface area contributed by atoms with E-state index in [1.807, 2.05) is 18.2 Å². The highest BCUT2D eigenvalue weighted by Gasteiger charge is 2.15. The van der Waals surface area contributed by atoms with Crippen LogP contribution in [0.15, 0.2) is 24.3 Å². The molecule has 2 aromatic rings. The molecule has 18 heavy (non-hydrogen) atoms. The van der Waals surface area contributed by atoms with Crippen LogP contribution >= 0.6 is 23.6 Å². The fraction of sp³-hybridized carbons (Fsp3) is 0.0909. The number of rotatable bonds is 3. The molecule has 1 amide bonds. The summed E-state index contributed by atoms with van der Waals surface area (Å²) in [5.41, 5.74) is 11.9. The fourth-order valence-corrected chi connectivity index (χ4v) is 2.78. The van der Waals surface area contributed by atoms with Gasteiger partial charge in [-0.15, -0.1) is 0 Å². The molecule has 0 unspecified atom stereocenters. The zero-order chi connectivity index (χ0) is 13.3. The van der Waals surface area contributed by atoms with Crippen LogP contribution in [0.1, 0.15) is 9.67 Å². The second-order valence-electron chi connectivity index (χ2n) is 3.48. The van der Waals surface area contributed by atoms with E-state index >= 15 is 0 Å². The summed E-state index contributed by atoms with van der Waals surface area (Å²) in [5, 5.41) is 0. The molecule has 0 saturated heterocycles. The summed E-state index contributed by atoms with van der Waals surface area (Å²) in [4.78, 5) is 11.5. The molecule has 0 atom stereocenters. The van der Waals surface area contributed by atoms with E-state index in [1.165, 1.54) is 0 Å². The van der Waals surface area contributed by atoms with Crippen LogP contribution < -0.4 is 16.2 Å². The number of hydrogen-bond acceptors (Lipinski definition) is 5. The normalized spacial score (nSPS) is 10.3. The Morgan fingerprint density at radius 2 is 2.22 bits per heavy atom. The van der Waals surface area contributed by atoms with Crippen LogP contribution in [-0.2, 0) is 0 Å². The maximum Gasteiger partial charge on any atom is 0.262 e. The van der Waals surface area contributed by atoms with E-state index in [4.69, 9.17) is 28.4 Å². The van der Waals surface area contributed by atoms with Gasteiger partial charge in [0.15, 0.2) is 3.95 Å². The zero-order valence-corrected chi connectivity index (χ0v) is 11.2. The van der Waals surface area contributed by atoms with Crippen molar-refractivity contribution in [2.75, 3.05) is 12.8 Å². The second kappa shape index (κ2) is 4.79. The van der Waals surface area contributed by atoms with Gasteiger partial charge >= 0.3 is 0 Å². The smallest absolute Gasteiger partial charge is 0.262 e. The Morgan fingerprint density at radius 3 is 2.78 bits per heavy atom. The molecule has 0 spiro atoms. The third-order valence-electron chi connectivity index (χ3n) is 2.38. The Labute approximate surface area is 113 Å². The Morgan fingerprint density at radius 1 is 1.50 bits per heavy atom. The highest BCUT2D eigenvalue weighted by molar-refractivity contribution is 7.73. The minimum Gasteiger partial charge on any atom is -0.497 e. The summed E-state index contributed by atoms with van der Waals surface area (Å²) in [6.07, 6.45) is 0. The summed E-state index contributed by atoms with van der Waals surface area (Å²) in [6.45, 7) is 0. The molecule has 0 saturated carbocycles. The monoisotopic (exact) mass is 281 g/mol. The lowest BCUT2D eigenvalue weighted by atomic mass is 10.3. The topological polar surface area (TPSA) is 83.3 Å². The SMILES string of the molecule is COc1cccc(-n2c(N)c(C(N)=O)sc2=S)c1. The number of anilines is 1. The van der Waals surface area contributed by atoms with E-state index in [2.05, 4.69) is 0 Å². The number of thiazole rings is 1. The first-order chi connectivity index (χ1) is 8.54. The van der Waals surface area contributed by atoms with Crippen molar-refractivity contribution in [1.29, 1.82) is 0 Å². The van der Waals surface area contributed by atoms with E-state index in [9.17, 15) is 4.79 Å². The lowest BCUT2D eigenvalue weighted by molar-refractivity contribution is 0.100. The second-order valence-corrected chi connectivity index (χ2v) is 5.13. The van der Waals surface area contributed by atoms with Crippen molar-refractivity contribution < 1.29 is 9.53 Å². The van der Waals surface area contributed by atoms with Crippen molar-refractivity contribution in [3.63, 3.8) is 0 Å². The van der Waals surface area contributed by atoms with Crippen molar-refractivity contribution in [1.82, 2.24) is 4.57 Å². The number of primary amides is 1. The molecule has 1 aromatic heterocycles. The van der Waals surface area contributed by atoms with Crippen molar-refractivity contribution in [2.24, 2.45) is 5.73 Å². The standard InChI is InChI=1S/C11H11N3O2S2/c1-16-7-4-2-3-6(5-7)14-9(12)8(10(13)15)18-11(14)17/h2-5H,12H2,1H3,(H2,13,15). The molecule has 7 heteroatoms. The molecular formula is C11H11N3O2S2. The van der Waals surface area contributed by atoms with E-state index in [0.29, 0.717) is 9.70 Å². The van der Waals surface area contributed by atoms with Crippen molar-refractivity contribution in [2.45, 2.75) is 0 Å².